The molecule has 1 unspecified atom stereocenters. The summed E-state index contributed by atoms with van der Waals surface area (Å²) in [5.74, 6) is 1.52. The number of rotatable bonds is 7. The van der Waals surface area contributed by atoms with Crippen LogP contribution in [-0.4, -0.2) is 27.3 Å². The van der Waals surface area contributed by atoms with Gasteiger partial charge in [0.2, 0.25) is 5.95 Å². The first-order valence-electron chi connectivity index (χ1n) is 11.6. The number of nitrogens with one attached hydrogen (secondary N) is 1. The number of ether oxygens (including phenoxy) is 2. The summed E-state index contributed by atoms with van der Waals surface area (Å²) in [6.45, 7) is 4.42. The molecule has 4 aromatic rings. The van der Waals surface area contributed by atoms with Crippen LogP contribution in [0.1, 0.15) is 31.0 Å². The molecule has 0 aliphatic carbocycles. The molecule has 7 heteroatoms. The minimum absolute atomic E-state index is 0.286. The fourth-order valence-corrected chi connectivity index (χ4v) is 4.13. The van der Waals surface area contributed by atoms with E-state index in [9.17, 15) is 4.79 Å². The number of allylic oxidation sites excluding steroid dienone is 1. The lowest BCUT2D eigenvalue weighted by Gasteiger charge is -2.28. The van der Waals surface area contributed by atoms with Crippen molar-refractivity contribution >= 4 is 11.9 Å². The summed E-state index contributed by atoms with van der Waals surface area (Å²) in [6, 6.07) is 27.0. The Bertz CT molecular complexity index is 1350. The van der Waals surface area contributed by atoms with E-state index in [2.05, 4.69) is 5.32 Å². The van der Waals surface area contributed by atoms with E-state index in [-0.39, 0.29) is 12.6 Å². The van der Waals surface area contributed by atoms with Crippen LogP contribution >= 0.6 is 0 Å². The first kappa shape index (κ1) is 22.4. The molecule has 5 rings (SSSR count). The van der Waals surface area contributed by atoms with E-state index in [4.69, 9.17) is 19.6 Å². The van der Waals surface area contributed by atoms with Crippen LogP contribution in [0.5, 0.6) is 5.75 Å². The van der Waals surface area contributed by atoms with Gasteiger partial charge in [0.25, 0.3) is 0 Å². The Morgan fingerprint density at radius 2 is 1.66 bits per heavy atom. The van der Waals surface area contributed by atoms with E-state index >= 15 is 0 Å². The number of hydrogen-bond donors (Lipinski definition) is 1. The third-order valence-corrected chi connectivity index (χ3v) is 5.82. The van der Waals surface area contributed by atoms with Gasteiger partial charge in [-0.2, -0.15) is 4.98 Å². The molecule has 1 N–H and O–H groups in total. The fraction of sp³-hybridized carbons (Fsp3) is 0.179. The molecule has 7 nitrogen and oxygen atoms in total. The number of nitrogens with zero attached hydrogens (tertiary/aromatic N) is 3. The first-order valence-corrected chi connectivity index (χ1v) is 11.6. The second-order valence-electron chi connectivity index (χ2n) is 8.20. The lowest BCUT2D eigenvalue weighted by molar-refractivity contribution is -0.139. The van der Waals surface area contributed by atoms with Crippen molar-refractivity contribution in [1.29, 1.82) is 0 Å². The Morgan fingerprint density at radius 1 is 0.971 bits per heavy atom. The molecular weight excluding hydrogens is 440 g/mol. The van der Waals surface area contributed by atoms with Crippen molar-refractivity contribution in [3.05, 3.63) is 107 Å². The Morgan fingerprint density at radius 3 is 2.34 bits per heavy atom. The second-order valence-corrected chi connectivity index (χ2v) is 8.20. The van der Waals surface area contributed by atoms with Crippen molar-refractivity contribution in [2.45, 2.75) is 26.5 Å². The van der Waals surface area contributed by atoms with Crippen LogP contribution in [0.3, 0.4) is 0 Å². The van der Waals surface area contributed by atoms with Crippen molar-refractivity contribution in [3.63, 3.8) is 0 Å². The Labute approximate surface area is 204 Å². The van der Waals surface area contributed by atoms with Crippen LogP contribution in [0, 0.1) is 0 Å². The number of aromatic nitrogens is 3. The quantitative estimate of drug-likeness (QED) is 0.369. The van der Waals surface area contributed by atoms with E-state index in [1.165, 1.54) is 0 Å². The molecule has 1 aliphatic heterocycles. The number of fused-ring (bicyclic) bond motifs is 1. The Balaban J connectivity index is 1.49. The van der Waals surface area contributed by atoms with Gasteiger partial charge in [-0.25, -0.2) is 9.48 Å². The number of benzene rings is 3. The third-order valence-electron chi connectivity index (χ3n) is 5.82. The van der Waals surface area contributed by atoms with E-state index in [1.807, 2.05) is 91.9 Å². The average Bonchev–Trinajstić information content (AvgIpc) is 3.32. The van der Waals surface area contributed by atoms with Gasteiger partial charge in [-0.3, -0.25) is 0 Å². The highest BCUT2D eigenvalue weighted by Gasteiger charge is 2.35. The topological polar surface area (TPSA) is 78.3 Å². The summed E-state index contributed by atoms with van der Waals surface area (Å²) in [4.78, 5) is 17.7. The fourth-order valence-electron chi connectivity index (χ4n) is 4.13. The minimum Gasteiger partial charge on any atom is -0.489 e. The molecule has 1 atom stereocenters. The van der Waals surface area contributed by atoms with Crippen LogP contribution in [0.25, 0.3) is 11.4 Å². The van der Waals surface area contributed by atoms with Gasteiger partial charge in [0.1, 0.15) is 18.4 Å². The van der Waals surface area contributed by atoms with Crippen molar-refractivity contribution in [2.24, 2.45) is 0 Å². The van der Waals surface area contributed by atoms with Gasteiger partial charge in [0.15, 0.2) is 5.82 Å². The standard InChI is InChI=1S/C28H26N4O3/c1-3-34-27(33)24-19(2)29-28-30-26(22-12-8-5-9-13-22)31-32(28)25(24)21-14-16-23(17-15-21)35-18-20-10-6-4-7-11-20/h4-17,25H,3,18H2,1-2H3,(H,29,30,31). The largest absolute Gasteiger partial charge is 0.489 e. The molecule has 0 fully saturated rings. The summed E-state index contributed by atoms with van der Waals surface area (Å²) < 4.78 is 13.1. The number of esters is 1. The van der Waals surface area contributed by atoms with E-state index < -0.39 is 6.04 Å². The normalized spacial score (nSPS) is 14.7. The molecule has 0 saturated carbocycles. The van der Waals surface area contributed by atoms with E-state index in [0.717, 1.165) is 22.4 Å². The van der Waals surface area contributed by atoms with Crippen LogP contribution in [0.2, 0.25) is 0 Å². The lowest BCUT2D eigenvalue weighted by Crippen LogP contribution is -2.29. The number of hydrogen-bond acceptors (Lipinski definition) is 6. The maximum Gasteiger partial charge on any atom is 0.338 e. The zero-order valence-electron chi connectivity index (χ0n) is 19.6. The zero-order valence-corrected chi connectivity index (χ0v) is 19.6. The molecule has 0 saturated heterocycles. The van der Waals surface area contributed by atoms with Crippen molar-refractivity contribution < 1.29 is 14.3 Å². The number of anilines is 1. The molecule has 0 amide bonds. The molecule has 0 bridgehead atoms. The molecule has 0 radical (unpaired) electrons. The van der Waals surface area contributed by atoms with Gasteiger partial charge in [-0.1, -0.05) is 72.8 Å². The molecule has 176 valence electrons. The Kier molecular flexibility index (Phi) is 6.30. The molecule has 35 heavy (non-hydrogen) atoms. The SMILES string of the molecule is CCOC(=O)C1=C(C)Nc2nc(-c3ccccc3)nn2C1c1ccc(OCc2ccccc2)cc1. The molecule has 0 spiro atoms. The summed E-state index contributed by atoms with van der Waals surface area (Å²) in [5.41, 5.74) is 4.07. The average molecular weight is 467 g/mol. The maximum absolute atomic E-state index is 13.0. The zero-order chi connectivity index (χ0) is 24.2. The summed E-state index contributed by atoms with van der Waals surface area (Å²) in [6.07, 6.45) is 0. The number of carbonyl (C=O) groups excluding carboxylic acids is 1. The molecular formula is C28H26N4O3. The van der Waals surface area contributed by atoms with E-state index in [0.29, 0.717) is 29.6 Å². The van der Waals surface area contributed by atoms with Crippen molar-refractivity contribution in [1.82, 2.24) is 14.8 Å². The molecule has 1 aliphatic rings. The van der Waals surface area contributed by atoms with Crippen molar-refractivity contribution in [3.8, 4) is 17.1 Å². The molecule has 2 heterocycles. The molecule has 3 aromatic carbocycles. The van der Waals surface area contributed by atoms with Gasteiger partial charge in [-0.15, -0.1) is 5.10 Å². The van der Waals surface area contributed by atoms with Crippen LogP contribution < -0.4 is 10.1 Å². The summed E-state index contributed by atoms with van der Waals surface area (Å²) in [5, 5.41) is 8.01. The summed E-state index contributed by atoms with van der Waals surface area (Å²) >= 11 is 0. The van der Waals surface area contributed by atoms with Gasteiger partial charge in [-0.05, 0) is 37.1 Å². The van der Waals surface area contributed by atoms with Gasteiger partial charge < -0.3 is 14.8 Å². The first-order chi connectivity index (χ1) is 17.1. The van der Waals surface area contributed by atoms with E-state index in [1.54, 1.807) is 11.6 Å². The van der Waals surface area contributed by atoms with Crippen LogP contribution in [0.15, 0.2) is 96.2 Å². The van der Waals surface area contributed by atoms with Gasteiger partial charge in [0, 0.05) is 11.3 Å². The monoisotopic (exact) mass is 466 g/mol. The van der Waals surface area contributed by atoms with Gasteiger partial charge in [0.05, 0.1) is 12.2 Å². The highest BCUT2D eigenvalue weighted by Crippen LogP contribution is 2.37. The summed E-state index contributed by atoms with van der Waals surface area (Å²) in [7, 11) is 0. The van der Waals surface area contributed by atoms with Crippen molar-refractivity contribution in [2.75, 3.05) is 11.9 Å². The molecule has 1 aromatic heterocycles. The predicted molar refractivity (Wildman–Crippen MR) is 134 cm³/mol. The second kappa shape index (κ2) is 9.85. The van der Waals surface area contributed by atoms with Crippen LogP contribution in [0.4, 0.5) is 5.95 Å². The predicted octanol–water partition coefficient (Wildman–Crippen LogP) is 5.38. The highest BCUT2D eigenvalue weighted by atomic mass is 16.5. The smallest absolute Gasteiger partial charge is 0.338 e. The number of carbonyl (C=O) groups is 1. The highest BCUT2D eigenvalue weighted by molar-refractivity contribution is 5.92. The maximum atomic E-state index is 13.0. The Hall–Kier alpha value is -4.39. The van der Waals surface area contributed by atoms with Gasteiger partial charge >= 0.3 is 5.97 Å². The lowest BCUT2D eigenvalue weighted by atomic mass is 9.96. The van der Waals surface area contributed by atoms with Crippen LogP contribution in [-0.2, 0) is 16.1 Å². The minimum atomic E-state index is -0.488. The third kappa shape index (κ3) is 4.66.